The third-order valence-corrected chi connectivity index (χ3v) is 1.64. The molecule has 5 heteroatoms. The van der Waals surface area contributed by atoms with Gasteiger partial charge in [-0.1, -0.05) is 0 Å². The Balaban J connectivity index is 2.56. The molecule has 1 rings (SSSR count). The van der Waals surface area contributed by atoms with Gasteiger partial charge >= 0.3 is 5.97 Å². The van der Waals surface area contributed by atoms with Crippen molar-refractivity contribution in [3.63, 3.8) is 0 Å². The fourth-order valence-corrected chi connectivity index (χ4v) is 1.14. The molecule has 2 atom stereocenters. The summed E-state index contributed by atoms with van der Waals surface area (Å²) in [7, 11) is 0. The summed E-state index contributed by atoms with van der Waals surface area (Å²) >= 11 is 0. The van der Waals surface area contributed by atoms with Gasteiger partial charge in [0.15, 0.2) is 0 Å². The Bertz CT molecular complexity index is 191. The maximum Gasteiger partial charge on any atom is 0.313 e. The van der Waals surface area contributed by atoms with Crippen LogP contribution in [-0.4, -0.2) is 23.0 Å². The first-order valence-electron chi connectivity index (χ1n) is 3.42. The summed E-state index contributed by atoms with van der Waals surface area (Å²) in [4.78, 5) is 20.5. The van der Waals surface area contributed by atoms with E-state index in [4.69, 9.17) is 4.74 Å². The molecule has 0 spiro atoms. The molecule has 0 amide bonds. The van der Waals surface area contributed by atoms with E-state index >= 15 is 0 Å². The first-order valence-corrected chi connectivity index (χ1v) is 3.42. The Labute approximate surface area is 63.5 Å². The number of hydrogen-bond donors (Lipinski definition) is 0. The first-order chi connectivity index (χ1) is 5.09. The number of nitro groups is 1. The molecule has 0 aromatic rings. The van der Waals surface area contributed by atoms with E-state index in [9.17, 15) is 14.9 Å². The summed E-state index contributed by atoms with van der Waals surface area (Å²) in [6, 6.07) is -0.744. The van der Waals surface area contributed by atoms with Crippen molar-refractivity contribution in [3.8, 4) is 0 Å². The second-order valence-corrected chi connectivity index (χ2v) is 2.68. The molecule has 1 aliphatic rings. The van der Waals surface area contributed by atoms with Crippen LogP contribution in [0.3, 0.4) is 0 Å². The lowest BCUT2D eigenvalue weighted by Gasteiger charge is -2.20. The van der Waals surface area contributed by atoms with Crippen molar-refractivity contribution in [1.29, 1.82) is 0 Å². The highest BCUT2D eigenvalue weighted by molar-refractivity contribution is 5.70. The minimum atomic E-state index is -0.744. The second-order valence-electron chi connectivity index (χ2n) is 2.68. The third kappa shape index (κ3) is 1.89. The molecule has 0 radical (unpaired) electrons. The molecular formula is C6H9NO4. The highest BCUT2D eigenvalue weighted by Gasteiger charge is 2.33. The Morgan fingerprint density at radius 1 is 1.73 bits per heavy atom. The van der Waals surface area contributed by atoms with Gasteiger partial charge in [0.25, 0.3) is 0 Å². The van der Waals surface area contributed by atoms with Crippen LogP contribution in [0.5, 0.6) is 0 Å². The Kier molecular flexibility index (Phi) is 2.07. The summed E-state index contributed by atoms with van der Waals surface area (Å²) in [6.45, 7) is 1.66. The monoisotopic (exact) mass is 159 g/mol. The van der Waals surface area contributed by atoms with Gasteiger partial charge in [0, 0.05) is 4.92 Å². The van der Waals surface area contributed by atoms with Gasteiger partial charge < -0.3 is 4.74 Å². The molecule has 11 heavy (non-hydrogen) atoms. The molecule has 0 N–H and O–H groups in total. The Morgan fingerprint density at radius 2 is 2.36 bits per heavy atom. The highest BCUT2D eigenvalue weighted by atomic mass is 16.6. The fraction of sp³-hybridized carbons (Fsp3) is 0.833. The van der Waals surface area contributed by atoms with Gasteiger partial charge in [-0.15, -0.1) is 0 Å². The fourth-order valence-electron chi connectivity index (χ4n) is 1.14. The quantitative estimate of drug-likeness (QED) is 0.314. The van der Waals surface area contributed by atoms with Crippen LogP contribution in [0.1, 0.15) is 19.8 Å². The van der Waals surface area contributed by atoms with E-state index in [1.54, 1.807) is 6.92 Å². The summed E-state index contributed by atoms with van der Waals surface area (Å²) in [5.74, 6) is -0.467. The topological polar surface area (TPSA) is 69.4 Å². The number of carbonyl (C=O) groups excluding carboxylic acids is 1. The molecule has 1 aliphatic heterocycles. The van der Waals surface area contributed by atoms with Crippen molar-refractivity contribution in [3.05, 3.63) is 10.1 Å². The normalized spacial score (nSPS) is 31.2. The van der Waals surface area contributed by atoms with Crippen LogP contribution in [0.4, 0.5) is 0 Å². The standard InChI is InChI=1S/C6H9NO4/c1-4-2-5(7(9)10)3-6(8)11-4/h4-5H,2-3H2,1H3/t4-,5+/m1/s1. The van der Waals surface area contributed by atoms with E-state index in [1.165, 1.54) is 0 Å². The van der Waals surface area contributed by atoms with Crippen molar-refractivity contribution in [1.82, 2.24) is 0 Å². The molecule has 0 saturated carbocycles. The van der Waals surface area contributed by atoms with Crippen LogP contribution in [0.2, 0.25) is 0 Å². The molecule has 1 heterocycles. The predicted molar refractivity (Wildman–Crippen MR) is 35.6 cm³/mol. The lowest BCUT2D eigenvalue weighted by atomic mass is 10.1. The summed E-state index contributed by atoms with van der Waals surface area (Å²) in [5, 5.41) is 10.2. The van der Waals surface area contributed by atoms with Gasteiger partial charge in [-0.05, 0) is 6.92 Å². The van der Waals surface area contributed by atoms with E-state index in [1.807, 2.05) is 0 Å². The van der Waals surface area contributed by atoms with Crippen molar-refractivity contribution >= 4 is 5.97 Å². The molecule has 0 unspecified atom stereocenters. The molecule has 62 valence electrons. The lowest BCUT2D eigenvalue weighted by Crippen LogP contribution is -2.35. The molecule has 1 fully saturated rings. The minimum absolute atomic E-state index is 0.0860. The molecule has 5 nitrogen and oxygen atoms in total. The van der Waals surface area contributed by atoms with Crippen LogP contribution in [-0.2, 0) is 9.53 Å². The van der Waals surface area contributed by atoms with E-state index in [-0.39, 0.29) is 12.5 Å². The molecule has 0 aliphatic carbocycles. The predicted octanol–water partition coefficient (Wildman–Crippen LogP) is 0.357. The zero-order valence-corrected chi connectivity index (χ0v) is 6.15. The van der Waals surface area contributed by atoms with Gasteiger partial charge in [0.2, 0.25) is 6.04 Å². The maximum atomic E-state index is 10.7. The highest BCUT2D eigenvalue weighted by Crippen LogP contribution is 2.16. The zero-order valence-electron chi connectivity index (χ0n) is 6.15. The second kappa shape index (κ2) is 2.86. The van der Waals surface area contributed by atoms with E-state index in [0.717, 1.165) is 0 Å². The van der Waals surface area contributed by atoms with Crippen molar-refractivity contribution in [2.24, 2.45) is 0 Å². The number of cyclic esters (lactones) is 1. The molecular weight excluding hydrogens is 150 g/mol. The minimum Gasteiger partial charge on any atom is -0.462 e. The summed E-state index contributed by atoms with van der Waals surface area (Å²) in [5.41, 5.74) is 0. The van der Waals surface area contributed by atoms with Gasteiger partial charge in [0.05, 0.1) is 6.42 Å². The Morgan fingerprint density at radius 3 is 2.82 bits per heavy atom. The molecule has 1 saturated heterocycles. The zero-order chi connectivity index (χ0) is 8.43. The largest absolute Gasteiger partial charge is 0.462 e. The van der Waals surface area contributed by atoms with Gasteiger partial charge in [-0.2, -0.15) is 0 Å². The number of esters is 1. The van der Waals surface area contributed by atoms with Crippen LogP contribution >= 0.6 is 0 Å². The van der Waals surface area contributed by atoms with E-state index in [2.05, 4.69) is 0 Å². The van der Waals surface area contributed by atoms with Gasteiger partial charge in [-0.25, -0.2) is 0 Å². The van der Waals surface area contributed by atoms with Crippen LogP contribution in [0.25, 0.3) is 0 Å². The van der Waals surface area contributed by atoms with Gasteiger partial charge in [-0.3, -0.25) is 14.9 Å². The number of rotatable bonds is 1. The number of nitrogens with zero attached hydrogens (tertiary/aromatic N) is 1. The maximum absolute atomic E-state index is 10.7. The van der Waals surface area contributed by atoms with Crippen LogP contribution in [0, 0.1) is 10.1 Å². The molecule has 0 bridgehead atoms. The van der Waals surface area contributed by atoms with Crippen molar-refractivity contribution in [2.75, 3.05) is 0 Å². The molecule has 0 aromatic heterocycles. The van der Waals surface area contributed by atoms with Crippen LogP contribution < -0.4 is 0 Å². The smallest absolute Gasteiger partial charge is 0.313 e. The summed E-state index contributed by atoms with van der Waals surface area (Å²) < 4.78 is 4.72. The van der Waals surface area contributed by atoms with Gasteiger partial charge in [0.1, 0.15) is 12.5 Å². The van der Waals surface area contributed by atoms with Crippen molar-refractivity contribution in [2.45, 2.75) is 31.9 Å². The summed E-state index contributed by atoms with van der Waals surface area (Å²) in [6.07, 6.45) is -0.0672. The number of hydrogen-bond acceptors (Lipinski definition) is 4. The van der Waals surface area contributed by atoms with E-state index in [0.29, 0.717) is 6.42 Å². The molecule has 0 aromatic carbocycles. The third-order valence-electron chi connectivity index (χ3n) is 1.64. The first kappa shape index (κ1) is 7.97. The lowest BCUT2D eigenvalue weighted by molar-refractivity contribution is -0.526. The number of ether oxygens (including phenoxy) is 1. The van der Waals surface area contributed by atoms with Crippen LogP contribution in [0.15, 0.2) is 0 Å². The van der Waals surface area contributed by atoms with Crippen molar-refractivity contribution < 1.29 is 14.5 Å². The van der Waals surface area contributed by atoms with E-state index < -0.39 is 16.9 Å². The average Bonchev–Trinajstić information content (AvgIpc) is 1.85. The average molecular weight is 159 g/mol. The Hall–Kier alpha value is -1.13. The number of carbonyl (C=O) groups is 1. The SMILES string of the molecule is C[C@@H]1C[C@H]([N+](=O)[O-])CC(=O)O1.